The molecule has 1 aliphatic carbocycles. The number of H-pyrrole nitrogens is 1. The summed E-state index contributed by atoms with van der Waals surface area (Å²) in [6, 6.07) is 17.3. The van der Waals surface area contributed by atoms with E-state index in [0.717, 1.165) is 60.5 Å². The molecule has 1 saturated heterocycles. The fraction of sp³-hybridized carbons (Fsp3) is 0.333. The van der Waals surface area contributed by atoms with Crippen molar-refractivity contribution in [2.45, 2.75) is 45.4 Å². The highest BCUT2D eigenvalue weighted by molar-refractivity contribution is 6.05. The molecule has 3 heterocycles. The van der Waals surface area contributed by atoms with Crippen molar-refractivity contribution in [1.82, 2.24) is 15.2 Å². The third-order valence-electron chi connectivity index (χ3n) is 8.39. The van der Waals surface area contributed by atoms with Crippen molar-refractivity contribution in [2.24, 2.45) is 0 Å². The lowest BCUT2D eigenvalue weighted by Crippen LogP contribution is -2.36. The molecule has 216 valence electrons. The predicted molar refractivity (Wildman–Crippen MR) is 166 cm³/mol. The predicted octanol–water partition coefficient (Wildman–Crippen LogP) is 5.59. The number of pyridine rings is 1. The van der Waals surface area contributed by atoms with Gasteiger partial charge in [0.15, 0.2) is 11.6 Å². The van der Waals surface area contributed by atoms with Crippen molar-refractivity contribution in [3.63, 3.8) is 0 Å². The second kappa shape index (κ2) is 11.4. The molecule has 4 aromatic rings. The van der Waals surface area contributed by atoms with E-state index in [2.05, 4.69) is 50.6 Å². The maximum atomic E-state index is 13.3. The van der Waals surface area contributed by atoms with Gasteiger partial charge in [-0.3, -0.25) is 9.59 Å². The zero-order valence-corrected chi connectivity index (χ0v) is 24.3. The van der Waals surface area contributed by atoms with Gasteiger partial charge in [0.05, 0.1) is 13.2 Å². The van der Waals surface area contributed by atoms with Crippen LogP contribution in [0.2, 0.25) is 0 Å². The molecule has 0 unspecified atom stereocenters. The molecule has 1 amide bonds. The fourth-order valence-corrected chi connectivity index (χ4v) is 5.96. The first-order chi connectivity index (χ1) is 20.3. The SMILES string of the molecule is Cc1c(NC(=O)c2ccc3c(c2)CCCC3(C)C)cccc1-c1c[nH]c(=O)c(Nc2ccc(N3CCOCC3)nn2)c1. The number of carbonyl (C=O) groups is 1. The van der Waals surface area contributed by atoms with Crippen molar-refractivity contribution in [1.29, 1.82) is 0 Å². The van der Waals surface area contributed by atoms with Crippen LogP contribution in [0.3, 0.4) is 0 Å². The van der Waals surface area contributed by atoms with E-state index in [0.29, 0.717) is 30.3 Å². The van der Waals surface area contributed by atoms with Crippen LogP contribution in [0.5, 0.6) is 0 Å². The van der Waals surface area contributed by atoms with Gasteiger partial charge in [-0.05, 0) is 90.3 Å². The van der Waals surface area contributed by atoms with Gasteiger partial charge < -0.3 is 25.3 Å². The highest BCUT2D eigenvalue weighted by Crippen LogP contribution is 2.37. The highest BCUT2D eigenvalue weighted by atomic mass is 16.5. The van der Waals surface area contributed by atoms with Crippen molar-refractivity contribution < 1.29 is 9.53 Å². The molecule has 9 heteroatoms. The van der Waals surface area contributed by atoms with E-state index in [1.807, 2.05) is 49.4 Å². The molecule has 0 saturated carbocycles. The summed E-state index contributed by atoms with van der Waals surface area (Å²) in [5.74, 6) is 1.12. The molecule has 42 heavy (non-hydrogen) atoms. The minimum absolute atomic E-state index is 0.135. The van der Waals surface area contributed by atoms with E-state index in [-0.39, 0.29) is 16.9 Å². The number of amides is 1. The highest BCUT2D eigenvalue weighted by Gasteiger charge is 2.27. The molecule has 2 aromatic carbocycles. The first-order valence-corrected chi connectivity index (χ1v) is 14.5. The summed E-state index contributed by atoms with van der Waals surface area (Å²) < 4.78 is 5.40. The largest absolute Gasteiger partial charge is 0.378 e. The molecule has 1 aliphatic heterocycles. The molecule has 0 atom stereocenters. The Hall–Kier alpha value is -4.50. The van der Waals surface area contributed by atoms with Crippen molar-refractivity contribution >= 4 is 28.9 Å². The van der Waals surface area contributed by atoms with E-state index in [1.54, 1.807) is 12.3 Å². The van der Waals surface area contributed by atoms with E-state index in [4.69, 9.17) is 4.74 Å². The summed E-state index contributed by atoms with van der Waals surface area (Å²) in [5.41, 5.74) is 6.81. The second-order valence-electron chi connectivity index (χ2n) is 11.7. The average Bonchev–Trinajstić information content (AvgIpc) is 3.00. The van der Waals surface area contributed by atoms with Crippen LogP contribution in [0, 0.1) is 6.92 Å². The van der Waals surface area contributed by atoms with Gasteiger partial charge in [0.25, 0.3) is 11.5 Å². The van der Waals surface area contributed by atoms with Crippen LogP contribution < -0.4 is 21.1 Å². The van der Waals surface area contributed by atoms with Gasteiger partial charge in [-0.15, -0.1) is 10.2 Å². The summed E-state index contributed by atoms with van der Waals surface area (Å²) in [5, 5.41) is 14.8. The van der Waals surface area contributed by atoms with Crippen LogP contribution >= 0.6 is 0 Å². The summed E-state index contributed by atoms with van der Waals surface area (Å²) in [7, 11) is 0. The number of fused-ring (bicyclic) bond motifs is 1. The fourth-order valence-electron chi connectivity index (χ4n) is 5.96. The number of carbonyl (C=O) groups excluding carboxylic acids is 1. The number of rotatable bonds is 6. The standard InChI is InChI=1S/C33H36N6O3/c1-21-25(7-4-8-27(21)36-31(40)23-9-10-26-22(18-23)6-5-13-33(26,2)3)24-19-28(32(41)34-20-24)35-29-11-12-30(38-37-29)39-14-16-42-17-15-39/h4,7-12,18-20H,5-6,13-17H2,1-3H3,(H,34,41)(H,35,37)(H,36,40). The maximum Gasteiger partial charge on any atom is 0.271 e. The molecule has 0 radical (unpaired) electrons. The first-order valence-electron chi connectivity index (χ1n) is 14.5. The first kappa shape index (κ1) is 27.7. The van der Waals surface area contributed by atoms with Gasteiger partial charge in [-0.25, -0.2) is 0 Å². The Morgan fingerprint density at radius 2 is 1.86 bits per heavy atom. The minimum atomic E-state index is -0.268. The van der Waals surface area contributed by atoms with Crippen LogP contribution in [0.25, 0.3) is 11.1 Å². The molecule has 2 aliphatic rings. The molecule has 1 fully saturated rings. The number of aromatic nitrogens is 3. The monoisotopic (exact) mass is 564 g/mol. The Labute approximate surface area is 245 Å². The van der Waals surface area contributed by atoms with E-state index in [1.165, 1.54) is 11.1 Å². The van der Waals surface area contributed by atoms with Gasteiger partial charge in [-0.1, -0.05) is 32.0 Å². The van der Waals surface area contributed by atoms with Gasteiger partial charge in [0.2, 0.25) is 0 Å². The number of hydrogen-bond acceptors (Lipinski definition) is 7. The summed E-state index contributed by atoms with van der Waals surface area (Å²) in [6.07, 6.45) is 4.98. The number of nitrogens with one attached hydrogen (secondary N) is 3. The van der Waals surface area contributed by atoms with Crippen LogP contribution in [0.1, 0.15) is 53.7 Å². The minimum Gasteiger partial charge on any atom is -0.378 e. The Balaban J connectivity index is 1.20. The van der Waals surface area contributed by atoms with Gasteiger partial charge in [0, 0.05) is 36.1 Å². The number of aryl methyl sites for hydroxylation is 1. The Morgan fingerprint density at radius 1 is 1.02 bits per heavy atom. The molecule has 6 rings (SSSR count). The normalized spacial score (nSPS) is 16.0. The number of aromatic amines is 1. The third-order valence-corrected chi connectivity index (χ3v) is 8.39. The number of hydrogen-bond donors (Lipinski definition) is 3. The smallest absolute Gasteiger partial charge is 0.271 e. The third kappa shape index (κ3) is 5.65. The summed E-state index contributed by atoms with van der Waals surface area (Å²) >= 11 is 0. The number of morpholine rings is 1. The van der Waals surface area contributed by atoms with E-state index in [9.17, 15) is 9.59 Å². The zero-order chi connectivity index (χ0) is 29.3. The van der Waals surface area contributed by atoms with Gasteiger partial charge >= 0.3 is 0 Å². The number of anilines is 4. The van der Waals surface area contributed by atoms with Crippen molar-refractivity contribution in [2.75, 3.05) is 41.8 Å². The lowest BCUT2D eigenvalue weighted by Gasteiger charge is -2.32. The number of benzene rings is 2. The quantitative estimate of drug-likeness (QED) is 0.280. The van der Waals surface area contributed by atoms with Gasteiger partial charge in [-0.2, -0.15) is 0 Å². The Bertz CT molecular complexity index is 1670. The van der Waals surface area contributed by atoms with Gasteiger partial charge in [0.1, 0.15) is 5.69 Å². The van der Waals surface area contributed by atoms with Crippen molar-refractivity contribution in [3.05, 3.63) is 93.4 Å². The maximum absolute atomic E-state index is 13.3. The Morgan fingerprint density at radius 3 is 2.64 bits per heavy atom. The van der Waals surface area contributed by atoms with E-state index < -0.39 is 0 Å². The second-order valence-corrected chi connectivity index (χ2v) is 11.7. The molecular formula is C33H36N6O3. The number of nitrogens with zero attached hydrogens (tertiary/aromatic N) is 3. The summed E-state index contributed by atoms with van der Waals surface area (Å²) in [4.78, 5) is 30.9. The molecule has 3 N–H and O–H groups in total. The molecular weight excluding hydrogens is 528 g/mol. The van der Waals surface area contributed by atoms with E-state index >= 15 is 0 Å². The topological polar surface area (TPSA) is 112 Å². The molecule has 0 bridgehead atoms. The summed E-state index contributed by atoms with van der Waals surface area (Å²) in [6.45, 7) is 9.39. The molecule has 2 aromatic heterocycles. The number of ether oxygens (including phenoxy) is 1. The molecule has 0 spiro atoms. The lowest BCUT2D eigenvalue weighted by atomic mass is 9.72. The van der Waals surface area contributed by atoms with Crippen LogP contribution in [-0.4, -0.2) is 47.4 Å². The Kier molecular flexibility index (Phi) is 7.51. The lowest BCUT2D eigenvalue weighted by molar-refractivity contribution is 0.102. The van der Waals surface area contributed by atoms with Crippen LogP contribution in [-0.2, 0) is 16.6 Å². The molecule has 9 nitrogen and oxygen atoms in total. The van der Waals surface area contributed by atoms with Crippen molar-refractivity contribution in [3.8, 4) is 11.1 Å². The zero-order valence-electron chi connectivity index (χ0n) is 24.3. The van der Waals surface area contributed by atoms with Crippen LogP contribution in [0.4, 0.5) is 23.0 Å². The average molecular weight is 565 g/mol. The van der Waals surface area contributed by atoms with Crippen LogP contribution in [0.15, 0.2) is 65.6 Å².